The first-order valence-electron chi connectivity index (χ1n) is 7.20. The van der Waals surface area contributed by atoms with Gasteiger partial charge >= 0.3 is 6.03 Å². The summed E-state index contributed by atoms with van der Waals surface area (Å²) in [6, 6.07) is 16.3. The first-order chi connectivity index (χ1) is 10.8. The van der Waals surface area contributed by atoms with Gasteiger partial charge < -0.3 is 10.2 Å². The van der Waals surface area contributed by atoms with Gasteiger partial charge in [0, 0.05) is 24.4 Å². The van der Waals surface area contributed by atoms with Crippen LogP contribution >= 0.6 is 11.8 Å². The van der Waals surface area contributed by atoms with Crippen molar-refractivity contribution in [2.24, 2.45) is 0 Å². The second-order valence-electron chi connectivity index (χ2n) is 5.08. The number of nitrogens with one attached hydrogen (secondary N) is 1. The molecular weight excluding hydrogens is 299 g/mol. The van der Waals surface area contributed by atoms with Crippen molar-refractivity contribution in [1.29, 1.82) is 0 Å². The molecule has 1 saturated heterocycles. The topological polar surface area (TPSA) is 32.3 Å². The average Bonchev–Trinajstić information content (AvgIpc) is 3.03. The molecule has 2 amide bonds. The molecule has 0 radical (unpaired) electrons. The van der Waals surface area contributed by atoms with Crippen molar-refractivity contribution in [2.75, 3.05) is 12.3 Å². The molecule has 1 heterocycles. The van der Waals surface area contributed by atoms with E-state index in [1.807, 2.05) is 30.3 Å². The summed E-state index contributed by atoms with van der Waals surface area (Å²) in [7, 11) is 0. The Morgan fingerprint density at radius 3 is 2.68 bits per heavy atom. The molecule has 3 nitrogen and oxygen atoms in total. The molecule has 3 rings (SSSR count). The van der Waals surface area contributed by atoms with Crippen LogP contribution in [0.5, 0.6) is 0 Å². The number of amides is 2. The third-order valence-electron chi connectivity index (χ3n) is 3.61. The Balaban J connectivity index is 1.68. The minimum Gasteiger partial charge on any atom is -0.334 e. The van der Waals surface area contributed by atoms with Crippen molar-refractivity contribution in [1.82, 2.24) is 10.2 Å². The number of nitrogens with zero attached hydrogens (tertiary/aromatic N) is 1. The zero-order valence-corrected chi connectivity index (χ0v) is 12.9. The van der Waals surface area contributed by atoms with E-state index in [4.69, 9.17) is 0 Å². The lowest BCUT2D eigenvalue weighted by Crippen LogP contribution is -2.39. The van der Waals surface area contributed by atoms with E-state index in [0.29, 0.717) is 18.7 Å². The molecule has 0 aromatic heterocycles. The van der Waals surface area contributed by atoms with Crippen molar-refractivity contribution in [2.45, 2.75) is 11.9 Å². The molecule has 114 valence electrons. The highest BCUT2D eigenvalue weighted by Gasteiger charge is 2.32. The van der Waals surface area contributed by atoms with Crippen molar-refractivity contribution in [3.05, 3.63) is 71.5 Å². The Bertz CT molecular complexity index is 650. The normalized spacial score (nSPS) is 17.5. The number of rotatable bonds is 3. The molecule has 1 atom stereocenters. The molecule has 0 aliphatic carbocycles. The molecule has 22 heavy (non-hydrogen) atoms. The van der Waals surface area contributed by atoms with Crippen LogP contribution < -0.4 is 5.32 Å². The first-order valence-corrected chi connectivity index (χ1v) is 8.25. The van der Waals surface area contributed by atoms with Crippen molar-refractivity contribution < 1.29 is 9.18 Å². The summed E-state index contributed by atoms with van der Waals surface area (Å²) in [5.41, 5.74) is 1.62. The Morgan fingerprint density at radius 1 is 1.18 bits per heavy atom. The summed E-state index contributed by atoms with van der Waals surface area (Å²) in [5.74, 6) is 0.556. The second kappa shape index (κ2) is 6.83. The van der Waals surface area contributed by atoms with Crippen molar-refractivity contribution in [3.8, 4) is 0 Å². The third-order valence-corrected chi connectivity index (χ3v) is 4.85. The lowest BCUT2D eigenvalue weighted by Gasteiger charge is -2.24. The SMILES string of the molecule is O=C(NCc1ccccc1)N1CCSC1c1ccccc1F. The maximum absolute atomic E-state index is 14.0. The number of carbonyl (C=O) groups is 1. The van der Waals surface area contributed by atoms with E-state index < -0.39 is 0 Å². The van der Waals surface area contributed by atoms with Crippen LogP contribution in [0.25, 0.3) is 0 Å². The monoisotopic (exact) mass is 316 g/mol. The van der Waals surface area contributed by atoms with Gasteiger partial charge in [-0.1, -0.05) is 48.5 Å². The highest BCUT2D eigenvalue weighted by molar-refractivity contribution is 7.99. The van der Waals surface area contributed by atoms with E-state index in [1.54, 1.807) is 34.9 Å². The fourth-order valence-electron chi connectivity index (χ4n) is 2.49. The minimum atomic E-state index is -0.261. The Morgan fingerprint density at radius 2 is 1.91 bits per heavy atom. The maximum Gasteiger partial charge on any atom is 0.318 e. The quantitative estimate of drug-likeness (QED) is 0.934. The number of carbonyl (C=O) groups excluding carboxylic acids is 1. The van der Waals surface area contributed by atoms with Crippen LogP contribution in [-0.4, -0.2) is 23.2 Å². The molecule has 1 unspecified atom stereocenters. The van der Waals surface area contributed by atoms with Crippen LogP contribution in [0.2, 0.25) is 0 Å². The smallest absolute Gasteiger partial charge is 0.318 e. The zero-order valence-electron chi connectivity index (χ0n) is 12.0. The number of thioether (sulfide) groups is 1. The van der Waals surface area contributed by atoms with Gasteiger partial charge in [0.1, 0.15) is 11.2 Å². The summed E-state index contributed by atoms with van der Waals surface area (Å²) < 4.78 is 14.0. The van der Waals surface area contributed by atoms with Gasteiger partial charge in [-0.25, -0.2) is 9.18 Å². The molecule has 1 aliphatic rings. The molecule has 0 spiro atoms. The first kappa shape index (κ1) is 14.9. The summed E-state index contributed by atoms with van der Waals surface area (Å²) in [6.45, 7) is 1.11. The molecule has 0 saturated carbocycles. The Kier molecular flexibility index (Phi) is 4.63. The van der Waals surface area contributed by atoms with Crippen LogP contribution in [-0.2, 0) is 6.54 Å². The van der Waals surface area contributed by atoms with E-state index in [0.717, 1.165) is 11.3 Å². The molecule has 0 bridgehead atoms. The largest absolute Gasteiger partial charge is 0.334 e. The molecule has 2 aromatic carbocycles. The highest BCUT2D eigenvalue weighted by Crippen LogP contribution is 2.38. The summed E-state index contributed by atoms with van der Waals surface area (Å²) in [6.07, 6.45) is 0. The van der Waals surface area contributed by atoms with E-state index in [1.165, 1.54) is 6.07 Å². The molecule has 1 fully saturated rings. The fourth-order valence-corrected chi connectivity index (χ4v) is 3.76. The van der Waals surface area contributed by atoms with Crippen LogP contribution in [0.4, 0.5) is 9.18 Å². The van der Waals surface area contributed by atoms with Gasteiger partial charge in [0.15, 0.2) is 0 Å². The summed E-state index contributed by atoms with van der Waals surface area (Å²) in [5, 5.41) is 2.66. The van der Waals surface area contributed by atoms with Gasteiger partial charge in [0.25, 0.3) is 0 Å². The third kappa shape index (κ3) is 3.25. The lowest BCUT2D eigenvalue weighted by molar-refractivity contribution is 0.199. The maximum atomic E-state index is 14.0. The van der Waals surface area contributed by atoms with E-state index in [-0.39, 0.29) is 17.2 Å². The van der Waals surface area contributed by atoms with Gasteiger partial charge in [0.05, 0.1) is 0 Å². The minimum absolute atomic E-state index is 0.151. The number of halogens is 1. The number of urea groups is 1. The summed E-state index contributed by atoms with van der Waals surface area (Å²) in [4.78, 5) is 14.1. The molecular formula is C17H17FN2OS. The zero-order chi connectivity index (χ0) is 15.4. The highest BCUT2D eigenvalue weighted by atomic mass is 32.2. The molecule has 2 aromatic rings. The van der Waals surface area contributed by atoms with E-state index in [2.05, 4.69) is 5.32 Å². The van der Waals surface area contributed by atoms with Gasteiger partial charge in [-0.2, -0.15) is 0 Å². The molecule has 1 aliphatic heterocycles. The van der Waals surface area contributed by atoms with Gasteiger partial charge in [0.2, 0.25) is 0 Å². The lowest BCUT2D eigenvalue weighted by atomic mass is 10.2. The van der Waals surface area contributed by atoms with Crippen LogP contribution in [0.3, 0.4) is 0 Å². The number of benzene rings is 2. The summed E-state index contributed by atoms with van der Waals surface area (Å²) >= 11 is 1.59. The Labute approximate surface area is 133 Å². The Hall–Kier alpha value is -2.01. The van der Waals surface area contributed by atoms with Gasteiger partial charge in [-0.3, -0.25) is 0 Å². The van der Waals surface area contributed by atoms with Crippen LogP contribution in [0.1, 0.15) is 16.5 Å². The van der Waals surface area contributed by atoms with Gasteiger partial charge in [-0.15, -0.1) is 11.8 Å². The fraction of sp³-hybridized carbons (Fsp3) is 0.235. The van der Waals surface area contributed by atoms with Crippen LogP contribution in [0.15, 0.2) is 54.6 Å². The van der Waals surface area contributed by atoms with E-state index >= 15 is 0 Å². The molecule has 1 N–H and O–H groups in total. The van der Waals surface area contributed by atoms with E-state index in [9.17, 15) is 9.18 Å². The predicted molar refractivity (Wildman–Crippen MR) is 87.0 cm³/mol. The molecule has 5 heteroatoms. The standard InChI is InChI=1S/C17H17FN2OS/c18-15-9-5-4-8-14(15)16-20(10-11-22-16)17(21)19-12-13-6-2-1-3-7-13/h1-9,16H,10-12H2,(H,19,21). The predicted octanol–water partition coefficient (Wildman–Crippen LogP) is 3.78. The average molecular weight is 316 g/mol. The number of hydrogen-bond donors (Lipinski definition) is 1. The van der Waals surface area contributed by atoms with Crippen LogP contribution in [0, 0.1) is 5.82 Å². The second-order valence-corrected chi connectivity index (χ2v) is 6.27. The number of hydrogen-bond acceptors (Lipinski definition) is 2. The van der Waals surface area contributed by atoms with Crippen molar-refractivity contribution in [3.63, 3.8) is 0 Å². The van der Waals surface area contributed by atoms with Gasteiger partial charge in [-0.05, 0) is 11.6 Å². The van der Waals surface area contributed by atoms with Crippen molar-refractivity contribution >= 4 is 17.8 Å².